The monoisotopic (exact) mass is 566 g/mol. The van der Waals surface area contributed by atoms with Crippen molar-refractivity contribution in [3.8, 4) is 22.0 Å². The lowest BCUT2D eigenvalue weighted by Crippen LogP contribution is -2.52. The molecule has 202 valence electrons. The molecule has 4 heterocycles. The minimum atomic E-state index is -0.518. The molecule has 2 N–H and O–H groups in total. The number of hydrogen-bond acceptors (Lipinski definition) is 8. The molecule has 4 aliphatic carbocycles. The molecule has 0 aromatic carbocycles. The van der Waals surface area contributed by atoms with Crippen molar-refractivity contribution in [3.63, 3.8) is 0 Å². The molecule has 4 aromatic heterocycles. The lowest BCUT2D eigenvalue weighted by Gasteiger charge is -2.47. The van der Waals surface area contributed by atoms with Crippen LogP contribution < -0.4 is 5.32 Å². The number of ether oxygens (including phenoxy) is 1. The first-order valence-electron chi connectivity index (χ1n) is 13.6. The van der Waals surface area contributed by atoms with Crippen molar-refractivity contribution in [1.29, 1.82) is 0 Å². The molecule has 4 saturated carbocycles. The zero-order chi connectivity index (χ0) is 26.7. The maximum Gasteiger partial charge on any atom is 0.311 e. The largest absolute Gasteiger partial charge is 0.466 e. The van der Waals surface area contributed by atoms with Crippen molar-refractivity contribution in [2.45, 2.75) is 57.4 Å². The predicted octanol–water partition coefficient (Wildman–Crippen LogP) is 6.59. The summed E-state index contributed by atoms with van der Waals surface area (Å²) in [4.78, 5) is 36.2. The first kappa shape index (κ1) is 24.9. The summed E-state index contributed by atoms with van der Waals surface area (Å²) >= 11 is 7.72. The van der Waals surface area contributed by atoms with Crippen LogP contribution in [0.5, 0.6) is 0 Å². The SMILES string of the molecule is CCOC(=O)[C@@H]1C2CCC(CC2)[C@H]1Nc1nc(-c2c[nH]c3ncc(Cl)nc23)nc(-c2ccc(C3CC3)s2)c1F. The molecule has 8 rings (SSSR count). The summed E-state index contributed by atoms with van der Waals surface area (Å²) in [6.45, 7) is 2.14. The third-order valence-corrected chi connectivity index (χ3v) is 9.80. The Hall–Kier alpha value is -3.11. The second-order valence-electron chi connectivity index (χ2n) is 10.7. The second kappa shape index (κ2) is 9.82. The number of fused-ring (bicyclic) bond motifs is 4. The smallest absolute Gasteiger partial charge is 0.311 e. The number of carbonyl (C=O) groups is 1. The van der Waals surface area contributed by atoms with Crippen LogP contribution in [-0.4, -0.2) is 43.5 Å². The number of nitrogens with one attached hydrogen (secondary N) is 2. The Bertz CT molecular complexity index is 1560. The van der Waals surface area contributed by atoms with Gasteiger partial charge >= 0.3 is 5.97 Å². The van der Waals surface area contributed by atoms with Crippen LogP contribution in [0.1, 0.15) is 56.2 Å². The normalized spacial score (nSPS) is 24.3. The van der Waals surface area contributed by atoms with Crippen LogP contribution in [-0.2, 0) is 9.53 Å². The number of thiophene rings is 1. The van der Waals surface area contributed by atoms with E-state index in [1.807, 2.05) is 13.0 Å². The highest BCUT2D eigenvalue weighted by molar-refractivity contribution is 7.15. The molecular formula is C28H28ClFN6O2S. The molecule has 39 heavy (non-hydrogen) atoms. The number of H-pyrrole nitrogens is 1. The molecule has 0 aliphatic heterocycles. The van der Waals surface area contributed by atoms with Gasteiger partial charge in [-0.3, -0.25) is 4.79 Å². The highest BCUT2D eigenvalue weighted by atomic mass is 35.5. The fourth-order valence-corrected chi connectivity index (χ4v) is 7.62. The van der Waals surface area contributed by atoms with Crippen molar-refractivity contribution in [2.24, 2.45) is 17.8 Å². The molecule has 0 radical (unpaired) electrons. The van der Waals surface area contributed by atoms with E-state index in [-0.39, 0.29) is 46.4 Å². The number of rotatable bonds is 7. The zero-order valence-corrected chi connectivity index (χ0v) is 23.0. The summed E-state index contributed by atoms with van der Waals surface area (Å²) in [7, 11) is 0. The zero-order valence-electron chi connectivity index (χ0n) is 21.4. The molecule has 0 spiro atoms. The Balaban J connectivity index is 1.34. The van der Waals surface area contributed by atoms with Gasteiger partial charge in [-0.2, -0.15) is 0 Å². The molecule has 4 aliphatic rings. The number of aromatic amines is 1. The van der Waals surface area contributed by atoms with E-state index in [0.29, 0.717) is 35.1 Å². The molecule has 0 amide bonds. The number of hydrogen-bond donors (Lipinski definition) is 2. The number of anilines is 1. The van der Waals surface area contributed by atoms with E-state index in [9.17, 15) is 4.79 Å². The van der Waals surface area contributed by atoms with Crippen molar-refractivity contribution in [2.75, 3.05) is 11.9 Å². The van der Waals surface area contributed by atoms with Gasteiger partial charge in [-0.15, -0.1) is 11.3 Å². The molecule has 0 saturated heterocycles. The Morgan fingerprint density at radius 2 is 1.95 bits per heavy atom. The van der Waals surface area contributed by atoms with Crippen LogP contribution in [0, 0.1) is 23.6 Å². The number of nitrogens with zero attached hydrogens (tertiary/aromatic N) is 4. The van der Waals surface area contributed by atoms with Crippen LogP contribution in [0.15, 0.2) is 24.5 Å². The molecule has 4 fully saturated rings. The van der Waals surface area contributed by atoms with Crippen molar-refractivity contribution >= 4 is 45.9 Å². The van der Waals surface area contributed by atoms with Gasteiger partial charge in [-0.1, -0.05) is 11.6 Å². The number of esters is 1. The van der Waals surface area contributed by atoms with Gasteiger partial charge in [0.05, 0.1) is 29.2 Å². The van der Waals surface area contributed by atoms with Gasteiger partial charge in [0.25, 0.3) is 0 Å². The average Bonchev–Trinajstić information content (AvgIpc) is 3.53. The minimum Gasteiger partial charge on any atom is -0.466 e. The van der Waals surface area contributed by atoms with Gasteiger partial charge in [0.2, 0.25) is 0 Å². The second-order valence-corrected chi connectivity index (χ2v) is 12.3. The summed E-state index contributed by atoms with van der Waals surface area (Å²) in [5, 5.41) is 3.63. The maximum atomic E-state index is 16.3. The molecule has 2 bridgehead atoms. The lowest BCUT2D eigenvalue weighted by molar-refractivity contribution is -0.154. The third-order valence-electron chi connectivity index (χ3n) is 8.36. The number of halogens is 2. The first-order chi connectivity index (χ1) is 19.0. The highest BCUT2D eigenvalue weighted by Crippen LogP contribution is 2.48. The van der Waals surface area contributed by atoms with Crippen molar-refractivity contribution < 1.29 is 13.9 Å². The van der Waals surface area contributed by atoms with Crippen LogP contribution in [0.25, 0.3) is 33.1 Å². The van der Waals surface area contributed by atoms with E-state index in [0.717, 1.165) is 30.6 Å². The standard InChI is InChI=1S/C28H28ClFN6O2S/c1-2-38-28(37)20-14-5-7-15(8-6-14)22(20)34-26-21(30)24(18-10-9-17(39-18)13-3-4-13)35-25(36-26)16-11-31-27-23(16)33-19(29)12-32-27/h9-15,20,22H,2-8H2,1H3,(H,31,32)(H,34,35,36)/t14?,15?,20-,22-/m1/s1. The van der Waals surface area contributed by atoms with Crippen LogP contribution in [0.4, 0.5) is 10.2 Å². The average molecular weight is 567 g/mol. The van der Waals surface area contributed by atoms with Gasteiger partial charge < -0.3 is 15.0 Å². The van der Waals surface area contributed by atoms with Gasteiger partial charge in [-0.25, -0.2) is 24.3 Å². The Labute approximate surface area is 233 Å². The third kappa shape index (κ3) is 4.47. The number of aromatic nitrogens is 5. The van der Waals surface area contributed by atoms with Gasteiger partial charge in [0.1, 0.15) is 16.4 Å². The van der Waals surface area contributed by atoms with Gasteiger partial charge in [0.15, 0.2) is 23.1 Å². The lowest BCUT2D eigenvalue weighted by atomic mass is 9.61. The Morgan fingerprint density at radius 1 is 1.15 bits per heavy atom. The molecular weight excluding hydrogens is 539 g/mol. The molecule has 4 aromatic rings. The molecule has 8 nitrogen and oxygen atoms in total. The van der Waals surface area contributed by atoms with E-state index < -0.39 is 5.82 Å². The molecule has 2 atom stereocenters. The molecule has 0 unspecified atom stereocenters. The van der Waals surface area contributed by atoms with Crippen molar-refractivity contribution in [3.05, 3.63) is 40.4 Å². The van der Waals surface area contributed by atoms with Gasteiger partial charge in [-0.05, 0) is 75.3 Å². The van der Waals surface area contributed by atoms with E-state index in [1.54, 1.807) is 17.5 Å². The first-order valence-corrected chi connectivity index (χ1v) is 14.8. The molecule has 11 heteroatoms. The minimum absolute atomic E-state index is 0.0903. The van der Waals surface area contributed by atoms with Crippen LogP contribution >= 0.6 is 22.9 Å². The quantitative estimate of drug-likeness (QED) is 0.243. The van der Waals surface area contributed by atoms with E-state index >= 15 is 4.39 Å². The summed E-state index contributed by atoms with van der Waals surface area (Å²) in [6.07, 6.45) is 9.49. The summed E-state index contributed by atoms with van der Waals surface area (Å²) < 4.78 is 21.8. The Morgan fingerprint density at radius 3 is 2.72 bits per heavy atom. The van der Waals surface area contributed by atoms with Gasteiger partial charge in [0, 0.05) is 17.1 Å². The van der Waals surface area contributed by atoms with Crippen LogP contribution in [0.2, 0.25) is 5.15 Å². The fourth-order valence-electron chi connectivity index (χ4n) is 6.33. The summed E-state index contributed by atoms with van der Waals surface area (Å²) in [5.41, 5.74) is 1.86. The van der Waals surface area contributed by atoms with Crippen molar-refractivity contribution in [1.82, 2.24) is 24.9 Å². The topological polar surface area (TPSA) is 106 Å². The highest BCUT2D eigenvalue weighted by Gasteiger charge is 2.48. The van der Waals surface area contributed by atoms with E-state index in [1.165, 1.54) is 23.9 Å². The van der Waals surface area contributed by atoms with E-state index in [2.05, 4.69) is 31.3 Å². The Kier molecular flexibility index (Phi) is 6.27. The number of carbonyl (C=O) groups excluding carboxylic acids is 1. The van der Waals surface area contributed by atoms with E-state index in [4.69, 9.17) is 21.3 Å². The summed E-state index contributed by atoms with van der Waals surface area (Å²) in [5.74, 6) is 0.356. The summed E-state index contributed by atoms with van der Waals surface area (Å²) in [6, 6.07) is 3.75. The van der Waals surface area contributed by atoms with Crippen LogP contribution in [0.3, 0.4) is 0 Å². The fraction of sp³-hybridized carbons (Fsp3) is 0.464. The maximum absolute atomic E-state index is 16.3. The predicted molar refractivity (Wildman–Crippen MR) is 148 cm³/mol.